The van der Waals surface area contributed by atoms with E-state index in [2.05, 4.69) is 5.16 Å². The summed E-state index contributed by atoms with van der Waals surface area (Å²) < 4.78 is 22.7. The predicted molar refractivity (Wildman–Crippen MR) is 79.5 cm³/mol. The van der Waals surface area contributed by atoms with Gasteiger partial charge in [-0.2, -0.15) is 0 Å². The van der Waals surface area contributed by atoms with Crippen molar-refractivity contribution >= 4 is 11.7 Å². The number of rotatable bonds is 3. The molecule has 0 radical (unpaired) electrons. The van der Waals surface area contributed by atoms with E-state index < -0.39 is 24.7 Å². The maximum atomic E-state index is 11.0. The predicted octanol–water partition coefficient (Wildman–Crippen LogP) is 1.78. The lowest BCUT2D eigenvalue weighted by atomic mass is 10.0. The highest BCUT2D eigenvalue weighted by Crippen LogP contribution is 2.32. The minimum atomic E-state index is -0.511. The van der Waals surface area contributed by atoms with E-state index in [-0.39, 0.29) is 6.10 Å². The second-order valence-electron chi connectivity index (χ2n) is 5.34. The lowest BCUT2D eigenvalue weighted by Crippen LogP contribution is -2.53. The Bertz CT molecular complexity index is 575. The van der Waals surface area contributed by atoms with Crippen LogP contribution in [0.15, 0.2) is 35.5 Å². The Morgan fingerprint density at radius 1 is 1.26 bits per heavy atom. The van der Waals surface area contributed by atoms with Crippen molar-refractivity contribution in [1.82, 2.24) is 0 Å². The highest BCUT2D eigenvalue weighted by atomic mass is 16.7. The molecule has 2 heterocycles. The van der Waals surface area contributed by atoms with Crippen LogP contribution in [0, 0.1) is 0 Å². The fourth-order valence-corrected chi connectivity index (χ4v) is 2.60. The fraction of sp³-hybridized carbons (Fsp3) is 0.500. The van der Waals surface area contributed by atoms with Crippen molar-refractivity contribution in [3.8, 4) is 0 Å². The summed E-state index contributed by atoms with van der Waals surface area (Å²) in [4.78, 5) is 15.8. The first kappa shape index (κ1) is 16.1. The van der Waals surface area contributed by atoms with E-state index in [9.17, 15) is 4.79 Å². The molecule has 124 valence electrons. The van der Waals surface area contributed by atoms with Gasteiger partial charge in [0.05, 0.1) is 12.3 Å². The number of hydrogen-bond acceptors (Lipinski definition) is 7. The number of hydrogen-bond donors (Lipinski definition) is 0. The van der Waals surface area contributed by atoms with Crippen LogP contribution < -0.4 is 0 Å². The molecule has 0 spiro atoms. The van der Waals surface area contributed by atoms with Crippen LogP contribution in [0.3, 0.4) is 0 Å². The highest BCUT2D eigenvalue weighted by molar-refractivity contribution is 5.90. The Hall–Kier alpha value is -1.80. The van der Waals surface area contributed by atoms with Crippen molar-refractivity contribution in [2.75, 3.05) is 13.7 Å². The molecule has 2 aliphatic heterocycles. The average Bonchev–Trinajstić information content (AvgIpc) is 2.59. The molecule has 3 rings (SSSR count). The molecule has 0 unspecified atom stereocenters. The zero-order chi connectivity index (χ0) is 16.2. The van der Waals surface area contributed by atoms with Crippen molar-refractivity contribution in [2.45, 2.75) is 38.1 Å². The van der Waals surface area contributed by atoms with Gasteiger partial charge in [0.1, 0.15) is 12.2 Å². The van der Waals surface area contributed by atoms with Gasteiger partial charge in [0, 0.05) is 26.0 Å². The quantitative estimate of drug-likeness (QED) is 0.624. The molecule has 2 saturated heterocycles. The average molecular weight is 321 g/mol. The highest BCUT2D eigenvalue weighted by Gasteiger charge is 2.43. The third-order valence-corrected chi connectivity index (χ3v) is 3.68. The summed E-state index contributed by atoms with van der Waals surface area (Å²) in [6.45, 7) is 1.63. The van der Waals surface area contributed by atoms with Gasteiger partial charge in [-0.15, -0.1) is 0 Å². The van der Waals surface area contributed by atoms with Gasteiger partial charge in [-0.25, -0.2) is 4.79 Å². The molecule has 1 aromatic carbocycles. The van der Waals surface area contributed by atoms with E-state index in [1.54, 1.807) is 7.11 Å². The number of oxime groups is 1. The lowest BCUT2D eigenvalue weighted by molar-refractivity contribution is -0.286. The van der Waals surface area contributed by atoms with E-state index in [0.717, 1.165) is 5.56 Å². The van der Waals surface area contributed by atoms with Gasteiger partial charge in [0.15, 0.2) is 12.6 Å². The molecule has 0 aliphatic carbocycles. The molecule has 4 atom stereocenters. The SMILES string of the molecule is CO[C@@H]1C/C(=N/OC(C)=O)[C@H]2O[C@H](c3ccccc3)OC[C@@H]2O1. The van der Waals surface area contributed by atoms with Crippen LogP contribution >= 0.6 is 0 Å². The molecule has 2 aliphatic rings. The van der Waals surface area contributed by atoms with E-state index in [1.165, 1.54) is 6.92 Å². The monoisotopic (exact) mass is 321 g/mol. The van der Waals surface area contributed by atoms with Crippen LogP contribution in [-0.2, 0) is 28.6 Å². The van der Waals surface area contributed by atoms with Crippen molar-refractivity contribution in [3.63, 3.8) is 0 Å². The van der Waals surface area contributed by atoms with E-state index in [1.807, 2.05) is 30.3 Å². The number of ether oxygens (including phenoxy) is 4. The van der Waals surface area contributed by atoms with Gasteiger partial charge >= 0.3 is 5.97 Å². The van der Waals surface area contributed by atoms with Gasteiger partial charge in [-0.05, 0) is 0 Å². The summed E-state index contributed by atoms with van der Waals surface area (Å²) in [5.41, 5.74) is 1.49. The van der Waals surface area contributed by atoms with Gasteiger partial charge in [0.25, 0.3) is 0 Å². The molecule has 0 aromatic heterocycles. The maximum Gasteiger partial charge on any atom is 0.331 e. The normalized spacial score (nSPS) is 32.3. The van der Waals surface area contributed by atoms with E-state index in [4.69, 9.17) is 23.8 Å². The van der Waals surface area contributed by atoms with E-state index in [0.29, 0.717) is 18.7 Å². The molecule has 0 saturated carbocycles. The molecular weight excluding hydrogens is 302 g/mol. The van der Waals surface area contributed by atoms with Crippen LogP contribution in [0.25, 0.3) is 0 Å². The minimum Gasteiger partial charge on any atom is -0.355 e. The van der Waals surface area contributed by atoms with Crippen LogP contribution in [0.2, 0.25) is 0 Å². The smallest absolute Gasteiger partial charge is 0.331 e. The van der Waals surface area contributed by atoms with Crippen LogP contribution in [-0.4, -0.2) is 43.9 Å². The Labute approximate surface area is 134 Å². The summed E-state index contributed by atoms with van der Waals surface area (Å²) in [6.07, 6.45) is -1.41. The first-order valence-electron chi connectivity index (χ1n) is 7.42. The van der Waals surface area contributed by atoms with Crippen molar-refractivity contribution in [2.24, 2.45) is 5.16 Å². The van der Waals surface area contributed by atoms with E-state index >= 15 is 0 Å². The summed E-state index contributed by atoms with van der Waals surface area (Å²) >= 11 is 0. The minimum absolute atomic E-state index is 0.336. The summed E-state index contributed by atoms with van der Waals surface area (Å²) in [5.74, 6) is -0.485. The molecule has 1 aromatic rings. The second kappa shape index (κ2) is 7.18. The summed E-state index contributed by atoms with van der Waals surface area (Å²) in [6, 6.07) is 9.61. The van der Waals surface area contributed by atoms with Crippen molar-refractivity contribution < 1.29 is 28.6 Å². The zero-order valence-corrected chi connectivity index (χ0v) is 13.0. The zero-order valence-electron chi connectivity index (χ0n) is 13.0. The third-order valence-electron chi connectivity index (χ3n) is 3.68. The molecule has 0 N–H and O–H groups in total. The topological polar surface area (TPSA) is 75.6 Å². The molecule has 0 bridgehead atoms. The number of methoxy groups -OCH3 is 1. The van der Waals surface area contributed by atoms with Gasteiger partial charge in [-0.3, -0.25) is 0 Å². The Kier molecular flexibility index (Phi) is 5.02. The van der Waals surface area contributed by atoms with Gasteiger partial charge in [0.2, 0.25) is 0 Å². The molecule has 7 nitrogen and oxygen atoms in total. The number of carbonyl (C=O) groups excluding carboxylic acids is 1. The number of nitrogens with zero attached hydrogens (tertiary/aromatic N) is 1. The molecule has 23 heavy (non-hydrogen) atoms. The first-order valence-corrected chi connectivity index (χ1v) is 7.42. The number of carbonyl (C=O) groups is 1. The summed E-state index contributed by atoms with van der Waals surface area (Å²) in [5, 5.41) is 3.92. The molecule has 2 fully saturated rings. The fourth-order valence-electron chi connectivity index (χ4n) is 2.60. The number of benzene rings is 1. The third kappa shape index (κ3) is 3.76. The molecule has 7 heteroatoms. The second-order valence-corrected chi connectivity index (χ2v) is 5.34. The lowest BCUT2D eigenvalue weighted by Gasteiger charge is -2.41. The molecular formula is C16H19NO6. The first-order chi connectivity index (χ1) is 11.2. The Balaban J connectivity index is 1.78. The van der Waals surface area contributed by atoms with Crippen molar-refractivity contribution in [1.29, 1.82) is 0 Å². The van der Waals surface area contributed by atoms with Gasteiger partial charge in [-0.1, -0.05) is 35.5 Å². The standard InChI is InChI=1S/C16H19NO6/c1-10(18)23-17-12-8-14(19-2)21-13-9-20-16(22-15(12)13)11-6-4-3-5-7-11/h3-7,13-16H,8-9H2,1-2H3/b17-12-/t13-,14-,15+,16+/m0/s1. The number of fused-ring (bicyclic) bond motifs is 1. The van der Waals surface area contributed by atoms with Crippen LogP contribution in [0.5, 0.6) is 0 Å². The summed E-state index contributed by atoms with van der Waals surface area (Å²) in [7, 11) is 1.55. The van der Waals surface area contributed by atoms with Crippen molar-refractivity contribution in [3.05, 3.63) is 35.9 Å². The largest absolute Gasteiger partial charge is 0.355 e. The maximum absolute atomic E-state index is 11.0. The van der Waals surface area contributed by atoms with Gasteiger partial charge < -0.3 is 23.8 Å². The van der Waals surface area contributed by atoms with Crippen LogP contribution in [0.4, 0.5) is 0 Å². The molecule has 0 amide bonds. The van der Waals surface area contributed by atoms with Crippen LogP contribution in [0.1, 0.15) is 25.2 Å². The Morgan fingerprint density at radius 2 is 2.04 bits per heavy atom. The Morgan fingerprint density at radius 3 is 2.74 bits per heavy atom.